The van der Waals surface area contributed by atoms with Crippen LogP contribution in [-0.2, 0) is 19.5 Å². The lowest BCUT2D eigenvalue weighted by molar-refractivity contribution is -0.688. The van der Waals surface area contributed by atoms with E-state index in [1.54, 1.807) is 0 Å². The maximum Gasteiger partial charge on any atom is 0.244 e. The molecular weight excluding hydrogens is 432 g/mol. The molecule has 0 spiro atoms. The van der Waals surface area contributed by atoms with Gasteiger partial charge in [0.15, 0.2) is 0 Å². The number of benzene rings is 2. The van der Waals surface area contributed by atoms with Crippen molar-refractivity contribution in [3.05, 3.63) is 82.9 Å². The van der Waals surface area contributed by atoms with Gasteiger partial charge < -0.3 is 21.7 Å². The monoisotopic (exact) mass is 448 g/mol. The van der Waals surface area contributed by atoms with Gasteiger partial charge in [-0.3, -0.25) is 0 Å². The zero-order valence-corrected chi connectivity index (χ0v) is 16.3. The standard InChI is InChI=1S/C19H18BrN2O.BrH/c20-18-7-3-1-6-16(18)12-21-9-10-22(14-21)13-17-11-15-5-2-4-8-19(15)23-17;/h1-10,14,17H,11-13H2;1H/q+1;/p-1. The smallest absolute Gasteiger partial charge is 0.244 e. The molecule has 3 nitrogen and oxygen atoms in total. The van der Waals surface area contributed by atoms with Crippen LogP contribution in [-0.4, -0.2) is 10.7 Å². The summed E-state index contributed by atoms with van der Waals surface area (Å²) < 4.78 is 11.6. The van der Waals surface area contributed by atoms with Crippen LogP contribution in [0, 0.1) is 0 Å². The first kappa shape index (κ1) is 17.2. The van der Waals surface area contributed by atoms with Gasteiger partial charge in [-0.1, -0.05) is 52.3 Å². The van der Waals surface area contributed by atoms with E-state index in [0.29, 0.717) is 0 Å². The van der Waals surface area contributed by atoms with Crippen molar-refractivity contribution in [3.63, 3.8) is 0 Å². The fourth-order valence-electron chi connectivity index (χ4n) is 3.05. The molecule has 0 saturated heterocycles. The van der Waals surface area contributed by atoms with E-state index >= 15 is 0 Å². The first-order valence-electron chi connectivity index (χ1n) is 7.81. The van der Waals surface area contributed by atoms with Gasteiger partial charge in [-0.25, -0.2) is 9.13 Å². The molecule has 0 amide bonds. The third kappa shape index (κ3) is 3.73. The second-order valence-corrected chi connectivity index (χ2v) is 6.78. The van der Waals surface area contributed by atoms with E-state index in [9.17, 15) is 0 Å². The van der Waals surface area contributed by atoms with Crippen molar-refractivity contribution in [1.29, 1.82) is 0 Å². The zero-order chi connectivity index (χ0) is 15.6. The Kier molecular flexibility index (Phi) is 5.41. The van der Waals surface area contributed by atoms with Crippen molar-refractivity contribution in [1.82, 2.24) is 4.57 Å². The third-order valence-electron chi connectivity index (χ3n) is 4.19. The Bertz CT molecular complexity index is 806. The van der Waals surface area contributed by atoms with Gasteiger partial charge in [-0.2, -0.15) is 0 Å². The summed E-state index contributed by atoms with van der Waals surface area (Å²) in [5.41, 5.74) is 2.59. The van der Waals surface area contributed by atoms with Crippen LogP contribution < -0.4 is 26.3 Å². The van der Waals surface area contributed by atoms with E-state index in [4.69, 9.17) is 4.74 Å². The van der Waals surface area contributed by atoms with E-state index in [2.05, 4.69) is 80.2 Å². The summed E-state index contributed by atoms with van der Waals surface area (Å²) in [4.78, 5) is 0. The Morgan fingerprint density at radius 1 is 1.12 bits per heavy atom. The summed E-state index contributed by atoms with van der Waals surface area (Å²) in [6.45, 7) is 1.73. The number of hydrogen-bond donors (Lipinski definition) is 0. The average molecular weight is 450 g/mol. The normalized spacial score (nSPS) is 15.5. The maximum absolute atomic E-state index is 6.02. The van der Waals surface area contributed by atoms with Crippen LogP contribution in [0.4, 0.5) is 0 Å². The number of ether oxygens (including phenoxy) is 1. The zero-order valence-electron chi connectivity index (χ0n) is 13.1. The SMILES string of the molecule is Brc1ccccc1C[n+]1ccn(CC2Cc3ccccc3O2)c1.[Br-]. The highest BCUT2D eigenvalue weighted by molar-refractivity contribution is 9.10. The van der Waals surface area contributed by atoms with Gasteiger partial charge in [0.05, 0.1) is 0 Å². The van der Waals surface area contributed by atoms with Crippen molar-refractivity contribution in [2.75, 3.05) is 0 Å². The summed E-state index contributed by atoms with van der Waals surface area (Å²) in [5.74, 6) is 1.03. The fraction of sp³-hybridized carbons (Fsp3) is 0.211. The van der Waals surface area contributed by atoms with E-state index < -0.39 is 0 Å². The predicted octanol–water partition coefficient (Wildman–Crippen LogP) is 0.594. The molecule has 1 aliphatic rings. The van der Waals surface area contributed by atoms with Gasteiger partial charge in [0.1, 0.15) is 37.3 Å². The van der Waals surface area contributed by atoms with Crippen LogP contribution >= 0.6 is 15.9 Å². The molecule has 1 aromatic heterocycles. The molecule has 0 radical (unpaired) electrons. The highest BCUT2D eigenvalue weighted by Gasteiger charge is 2.24. The highest BCUT2D eigenvalue weighted by Crippen LogP contribution is 2.28. The summed E-state index contributed by atoms with van der Waals surface area (Å²) in [5, 5.41) is 0. The maximum atomic E-state index is 6.02. The number of nitrogens with zero attached hydrogens (tertiary/aromatic N) is 2. The number of imidazole rings is 1. The van der Waals surface area contributed by atoms with Gasteiger partial charge in [-0.15, -0.1) is 0 Å². The van der Waals surface area contributed by atoms with Gasteiger partial charge in [0, 0.05) is 16.5 Å². The van der Waals surface area contributed by atoms with Crippen LogP contribution in [0.25, 0.3) is 0 Å². The van der Waals surface area contributed by atoms with Gasteiger partial charge in [-0.05, 0) is 17.7 Å². The molecular formula is C19H18Br2N2O. The van der Waals surface area contributed by atoms with Crippen LogP contribution in [0.15, 0.2) is 71.7 Å². The van der Waals surface area contributed by atoms with Crippen molar-refractivity contribution in [2.24, 2.45) is 0 Å². The molecule has 124 valence electrons. The Morgan fingerprint density at radius 3 is 2.75 bits per heavy atom. The Balaban J connectivity index is 0.00000169. The molecule has 5 heteroatoms. The molecule has 3 aromatic rings. The molecule has 0 aliphatic carbocycles. The number of aromatic nitrogens is 2. The van der Waals surface area contributed by atoms with Crippen molar-refractivity contribution < 1.29 is 26.3 Å². The molecule has 1 unspecified atom stereocenters. The number of hydrogen-bond acceptors (Lipinski definition) is 1. The minimum Gasteiger partial charge on any atom is -1.00 e. The van der Waals surface area contributed by atoms with Crippen molar-refractivity contribution in [2.45, 2.75) is 25.6 Å². The fourth-order valence-corrected chi connectivity index (χ4v) is 3.46. The second-order valence-electron chi connectivity index (χ2n) is 5.93. The predicted molar refractivity (Wildman–Crippen MR) is 92.4 cm³/mol. The number of fused-ring (bicyclic) bond motifs is 1. The molecule has 1 aliphatic heterocycles. The quantitative estimate of drug-likeness (QED) is 0.533. The third-order valence-corrected chi connectivity index (χ3v) is 4.96. The lowest BCUT2D eigenvalue weighted by atomic mass is 10.1. The Morgan fingerprint density at radius 2 is 1.92 bits per heavy atom. The van der Waals surface area contributed by atoms with Crippen molar-refractivity contribution >= 4 is 15.9 Å². The number of rotatable bonds is 4. The average Bonchev–Trinajstić information content (AvgIpc) is 3.16. The molecule has 24 heavy (non-hydrogen) atoms. The molecule has 2 heterocycles. The molecule has 0 fully saturated rings. The lowest BCUT2D eigenvalue weighted by Crippen LogP contribution is -3.00. The molecule has 2 aromatic carbocycles. The molecule has 0 saturated carbocycles. The highest BCUT2D eigenvalue weighted by atomic mass is 79.9. The Hall–Kier alpha value is -1.59. The van der Waals surface area contributed by atoms with Crippen LogP contribution in [0.3, 0.4) is 0 Å². The van der Waals surface area contributed by atoms with Crippen molar-refractivity contribution in [3.8, 4) is 5.75 Å². The molecule has 4 rings (SSSR count). The molecule has 0 N–H and O–H groups in total. The van der Waals surface area contributed by atoms with E-state index in [1.165, 1.54) is 11.1 Å². The molecule has 1 atom stereocenters. The first-order chi connectivity index (χ1) is 11.3. The summed E-state index contributed by atoms with van der Waals surface area (Å²) in [7, 11) is 0. The molecule has 0 bridgehead atoms. The summed E-state index contributed by atoms with van der Waals surface area (Å²) in [6.07, 6.45) is 7.58. The van der Waals surface area contributed by atoms with E-state index in [1.807, 2.05) is 12.1 Å². The van der Waals surface area contributed by atoms with Crippen LogP contribution in [0.1, 0.15) is 11.1 Å². The minimum atomic E-state index is 0. The van der Waals surface area contributed by atoms with Crippen LogP contribution in [0.5, 0.6) is 5.75 Å². The lowest BCUT2D eigenvalue weighted by Gasteiger charge is -2.07. The summed E-state index contributed by atoms with van der Waals surface area (Å²) in [6, 6.07) is 16.6. The summed E-state index contributed by atoms with van der Waals surface area (Å²) >= 11 is 3.61. The van der Waals surface area contributed by atoms with Crippen LogP contribution in [0.2, 0.25) is 0 Å². The van der Waals surface area contributed by atoms with Gasteiger partial charge >= 0.3 is 0 Å². The Labute approximate surface area is 160 Å². The van der Waals surface area contributed by atoms with Gasteiger partial charge in [0.2, 0.25) is 6.33 Å². The second kappa shape index (κ2) is 7.53. The first-order valence-corrected chi connectivity index (χ1v) is 8.60. The largest absolute Gasteiger partial charge is 1.00 e. The number of halogens is 2. The number of para-hydroxylation sites is 1. The topological polar surface area (TPSA) is 18.0 Å². The van der Waals surface area contributed by atoms with Gasteiger partial charge in [0.25, 0.3) is 0 Å². The van der Waals surface area contributed by atoms with E-state index in [-0.39, 0.29) is 23.1 Å². The van der Waals surface area contributed by atoms with E-state index in [0.717, 1.165) is 29.7 Å². The minimum absolute atomic E-state index is 0.